The van der Waals surface area contributed by atoms with E-state index in [0.29, 0.717) is 23.0 Å². The van der Waals surface area contributed by atoms with Gasteiger partial charge in [-0.1, -0.05) is 145 Å². The lowest BCUT2D eigenvalue weighted by Crippen LogP contribution is -2.00. The molecule has 0 amide bonds. The molecule has 0 saturated heterocycles. The summed E-state index contributed by atoms with van der Waals surface area (Å²) >= 11 is 1.56. The van der Waals surface area contributed by atoms with E-state index in [9.17, 15) is 0 Å². The zero-order chi connectivity index (χ0) is 39.9. The lowest BCUT2D eigenvalue weighted by Gasteiger charge is -2.10. The number of aromatic nitrogens is 3. The maximum atomic E-state index is 8.71. The van der Waals surface area contributed by atoms with E-state index in [2.05, 4.69) is 60.7 Å². The summed E-state index contributed by atoms with van der Waals surface area (Å²) in [5, 5.41) is 6.27. The summed E-state index contributed by atoms with van der Waals surface area (Å²) in [6.07, 6.45) is 0. The molecule has 0 aliphatic heterocycles. The molecule has 0 bridgehead atoms. The first-order chi connectivity index (χ1) is 28.8. The number of para-hydroxylation sites is 1. The molecule has 0 atom stereocenters. The average molecular weight is 713 g/mol. The van der Waals surface area contributed by atoms with Crippen LogP contribution in [0.5, 0.6) is 0 Å². The van der Waals surface area contributed by atoms with E-state index in [4.69, 9.17) is 26.2 Å². The highest BCUT2D eigenvalue weighted by molar-refractivity contribution is 7.26. The van der Waals surface area contributed by atoms with Crippen LogP contribution in [0.15, 0.2) is 180 Å². The highest BCUT2D eigenvalue weighted by Crippen LogP contribution is 2.44. The molecule has 5 heteroatoms. The van der Waals surface area contributed by atoms with Crippen LogP contribution < -0.4 is 0 Å². The van der Waals surface area contributed by atoms with Crippen molar-refractivity contribution < 1.29 is 11.3 Å². The molecule has 11 aromatic rings. The third kappa shape index (κ3) is 5.09. The lowest BCUT2D eigenvalue weighted by atomic mass is 9.99. The summed E-state index contributed by atoms with van der Waals surface area (Å²) in [6, 6.07) is 47.2. The highest BCUT2D eigenvalue weighted by atomic mass is 32.1. The van der Waals surface area contributed by atoms with E-state index in [1.54, 1.807) is 11.3 Å². The molecule has 0 aliphatic carbocycles. The minimum Gasteiger partial charge on any atom is -0.456 e. The number of hydrogen-bond donors (Lipinski definition) is 0. The Bertz CT molecular complexity index is 3510. The zero-order valence-corrected chi connectivity index (χ0v) is 29.3. The molecule has 0 unspecified atom stereocenters. The molecule has 4 nitrogen and oxygen atoms in total. The van der Waals surface area contributed by atoms with Crippen LogP contribution in [0.25, 0.3) is 109 Å². The topological polar surface area (TPSA) is 51.8 Å². The molecule has 3 aromatic heterocycles. The summed E-state index contributed by atoms with van der Waals surface area (Å²) in [5.74, 6) is 1.60. The van der Waals surface area contributed by atoms with Gasteiger partial charge in [0.15, 0.2) is 17.5 Å². The molecule has 8 aromatic carbocycles. The van der Waals surface area contributed by atoms with E-state index >= 15 is 0 Å². The second kappa shape index (κ2) is 12.3. The predicted molar refractivity (Wildman–Crippen MR) is 225 cm³/mol. The van der Waals surface area contributed by atoms with Crippen LogP contribution in [0.4, 0.5) is 0 Å². The Morgan fingerprint density at radius 2 is 0.981 bits per heavy atom. The molecule has 0 aliphatic rings. The maximum absolute atomic E-state index is 8.71. The van der Waals surface area contributed by atoms with Gasteiger partial charge >= 0.3 is 0 Å². The highest BCUT2D eigenvalue weighted by Gasteiger charge is 2.17. The number of fused-ring (bicyclic) bond motifs is 7. The van der Waals surface area contributed by atoms with Crippen LogP contribution in [0.1, 0.15) is 6.85 Å². The third-order valence-electron chi connectivity index (χ3n) is 10.0. The minimum atomic E-state index is -0.406. The van der Waals surface area contributed by atoms with Gasteiger partial charge in [0, 0.05) is 47.6 Å². The zero-order valence-electron chi connectivity index (χ0n) is 33.5. The molecule has 54 heavy (non-hydrogen) atoms. The Hall–Kier alpha value is -6.95. The Kier molecular flexibility index (Phi) is 5.92. The summed E-state index contributed by atoms with van der Waals surface area (Å²) in [5.41, 5.74) is 6.84. The van der Waals surface area contributed by atoms with Gasteiger partial charge in [-0.25, -0.2) is 15.0 Å². The van der Waals surface area contributed by atoms with Crippen molar-refractivity contribution >= 4 is 64.2 Å². The van der Waals surface area contributed by atoms with Gasteiger partial charge < -0.3 is 4.42 Å². The van der Waals surface area contributed by atoms with Gasteiger partial charge in [-0.05, 0) is 63.4 Å². The number of thiophene rings is 1. The quantitative estimate of drug-likeness (QED) is 0.178. The van der Waals surface area contributed by atoms with Crippen molar-refractivity contribution in [2.45, 2.75) is 0 Å². The molecule has 3 heterocycles. The first kappa shape index (κ1) is 25.9. The van der Waals surface area contributed by atoms with Crippen LogP contribution in [0.2, 0.25) is 0 Å². The number of hydrogen-bond acceptors (Lipinski definition) is 5. The summed E-state index contributed by atoms with van der Waals surface area (Å²) in [7, 11) is 0. The van der Waals surface area contributed by atoms with Crippen molar-refractivity contribution in [2.24, 2.45) is 0 Å². The molecule has 0 spiro atoms. The summed E-state index contributed by atoms with van der Waals surface area (Å²) in [4.78, 5) is 15.2. The summed E-state index contributed by atoms with van der Waals surface area (Å²) < 4.78 is 50.3. The maximum Gasteiger partial charge on any atom is 0.164 e. The van der Waals surface area contributed by atoms with Crippen molar-refractivity contribution in [3.8, 4) is 56.4 Å². The Balaban J connectivity index is 1.07. The monoisotopic (exact) mass is 712 g/mol. The molecule has 0 radical (unpaired) electrons. The van der Waals surface area contributed by atoms with Gasteiger partial charge in [0.05, 0.1) is 6.85 Å². The third-order valence-corrected chi connectivity index (χ3v) is 11.3. The van der Waals surface area contributed by atoms with Crippen LogP contribution in [-0.2, 0) is 0 Å². The van der Waals surface area contributed by atoms with Crippen LogP contribution in [0, 0.1) is 0 Å². The minimum absolute atomic E-state index is 0.198. The Morgan fingerprint density at radius 1 is 0.407 bits per heavy atom. The Labute approximate surface area is 321 Å². The van der Waals surface area contributed by atoms with Crippen LogP contribution in [0.3, 0.4) is 0 Å². The van der Waals surface area contributed by atoms with Crippen molar-refractivity contribution in [1.29, 1.82) is 0 Å². The molecule has 0 N–H and O–H groups in total. The fourth-order valence-electron chi connectivity index (χ4n) is 7.41. The predicted octanol–water partition coefficient (Wildman–Crippen LogP) is 13.6. The van der Waals surface area contributed by atoms with Gasteiger partial charge in [-0.15, -0.1) is 11.3 Å². The first-order valence-corrected chi connectivity index (χ1v) is 18.4. The smallest absolute Gasteiger partial charge is 0.164 e. The fourth-order valence-corrected chi connectivity index (χ4v) is 8.77. The molecule has 0 fully saturated rings. The van der Waals surface area contributed by atoms with Gasteiger partial charge in [-0.3, -0.25) is 0 Å². The van der Waals surface area contributed by atoms with Gasteiger partial charge in [0.25, 0.3) is 0 Å². The van der Waals surface area contributed by atoms with Gasteiger partial charge in [0.1, 0.15) is 11.2 Å². The molecule has 252 valence electrons. The second-order valence-electron chi connectivity index (χ2n) is 13.2. The van der Waals surface area contributed by atoms with E-state index in [1.807, 2.05) is 84.9 Å². The Morgan fingerprint density at radius 3 is 1.76 bits per heavy atom. The number of rotatable bonds is 5. The molecular weight excluding hydrogens is 679 g/mol. The van der Waals surface area contributed by atoms with E-state index in [1.165, 1.54) is 0 Å². The normalized spacial score (nSPS) is 13.0. The van der Waals surface area contributed by atoms with Crippen molar-refractivity contribution in [2.75, 3.05) is 0 Å². The van der Waals surface area contributed by atoms with Gasteiger partial charge in [0.2, 0.25) is 0 Å². The standard InChI is InChI=1S/C49H29N3OS/c1-2-12-31(13-3-1)37-18-9-20-41-42-21-10-19-38(46(42)54-45(37)41)33-15-8-16-34(28-33)47-50-48(35-24-23-30-11-4-5-14-32(30)27-35)52-49(51-47)36-25-26-40-39-17-6-7-22-43(39)53-44(40)29-36/h1-29H/i1D,2D,3D,12D,13D. The molecule has 11 rings (SSSR count). The van der Waals surface area contributed by atoms with E-state index in [0.717, 1.165) is 80.7 Å². The molecule has 0 saturated carbocycles. The van der Waals surface area contributed by atoms with Crippen molar-refractivity contribution in [3.63, 3.8) is 0 Å². The van der Waals surface area contributed by atoms with Crippen molar-refractivity contribution in [3.05, 3.63) is 176 Å². The second-order valence-corrected chi connectivity index (χ2v) is 14.2. The largest absolute Gasteiger partial charge is 0.456 e. The van der Waals surface area contributed by atoms with Crippen LogP contribution in [-0.4, -0.2) is 15.0 Å². The fraction of sp³-hybridized carbons (Fsp3) is 0. The number of nitrogens with zero attached hydrogens (tertiary/aromatic N) is 3. The van der Waals surface area contributed by atoms with E-state index in [-0.39, 0.29) is 29.7 Å². The van der Waals surface area contributed by atoms with E-state index < -0.39 is 6.04 Å². The summed E-state index contributed by atoms with van der Waals surface area (Å²) in [6.45, 7) is 0. The molecular formula is C49H29N3OS. The number of benzene rings is 8. The first-order valence-electron chi connectivity index (χ1n) is 20.1. The van der Waals surface area contributed by atoms with Crippen LogP contribution >= 0.6 is 11.3 Å². The SMILES string of the molecule is [2H]c1c([2H])c([2H])c(-c2cccc3c2sc2c(-c4cccc(-c5nc(-c6ccc7ccccc7c6)nc(-c6ccc7c(c6)oc6ccccc67)n5)c4)cccc23)c([2H])c1[2H]. The number of furan rings is 1. The average Bonchev–Trinajstić information content (AvgIpc) is 3.86. The lowest BCUT2D eigenvalue weighted by molar-refractivity contribution is 0.669. The van der Waals surface area contributed by atoms with Crippen molar-refractivity contribution in [1.82, 2.24) is 15.0 Å². The van der Waals surface area contributed by atoms with Gasteiger partial charge in [-0.2, -0.15) is 0 Å².